The number of benzene rings is 1. The number of hydrogen-bond donors (Lipinski definition) is 2. The monoisotopic (exact) mass is 479 g/mol. The number of fused-ring (bicyclic) bond motifs is 1. The number of nitrogens with one attached hydrogen (secondary N) is 2. The van der Waals surface area contributed by atoms with Crippen LogP contribution in [0.25, 0.3) is 0 Å². The predicted octanol–water partition coefficient (Wildman–Crippen LogP) is 3.27. The molecule has 1 aliphatic rings. The molecule has 0 aliphatic carbocycles. The van der Waals surface area contributed by atoms with Crippen LogP contribution in [0.1, 0.15) is 28.0 Å². The molecule has 1 amide bonds. The highest BCUT2D eigenvalue weighted by molar-refractivity contribution is 5.94. The van der Waals surface area contributed by atoms with Gasteiger partial charge in [-0.1, -0.05) is 6.07 Å². The number of rotatable bonds is 5. The summed E-state index contributed by atoms with van der Waals surface area (Å²) in [5, 5.41) is 2.80. The van der Waals surface area contributed by atoms with Crippen molar-refractivity contribution in [3.8, 4) is 17.2 Å². The zero-order chi connectivity index (χ0) is 24.5. The van der Waals surface area contributed by atoms with Crippen LogP contribution in [0.5, 0.6) is 17.2 Å². The van der Waals surface area contributed by atoms with Crippen LogP contribution in [-0.4, -0.2) is 36.0 Å². The van der Waals surface area contributed by atoms with E-state index in [0.29, 0.717) is 5.75 Å². The molecule has 8 nitrogen and oxygen atoms in total. The Morgan fingerprint density at radius 1 is 1.21 bits per heavy atom. The third kappa shape index (κ3) is 4.38. The fourth-order valence-electron chi connectivity index (χ4n) is 3.73. The Morgan fingerprint density at radius 3 is 2.65 bits per heavy atom. The summed E-state index contributed by atoms with van der Waals surface area (Å²) in [6, 6.07) is 6.84. The quantitative estimate of drug-likeness (QED) is 0.545. The van der Waals surface area contributed by atoms with Crippen molar-refractivity contribution >= 4 is 5.91 Å². The average Bonchev–Trinajstić information content (AvgIpc) is 2.79. The first-order valence-corrected chi connectivity index (χ1v) is 9.86. The van der Waals surface area contributed by atoms with Crippen molar-refractivity contribution in [1.82, 2.24) is 15.3 Å². The van der Waals surface area contributed by atoms with Crippen molar-refractivity contribution in [3.63, 3.8) is 0 Å². The number of amides is 1. The van der Waals surface area contributed by atoms with Crippen molar-refractivity contribution in [3.05, 3.63) is 81.8 Å². The minimum atomic E-state index is -5.08. The van der Waals surface area contributed by atoms with Crippen LogP contribution in [0, 0.1) is 5.82 Å². The summed E-state index contributed by atoms with van der Waals surface area (Å²) in [6.07, 6.45) is -2.43. The molecule has 1 unspecified atom stereocenters. The third-order valence-corrected chi connectivity index (χ3v) is 5.24. The number of alkyl halides is 3. The molecular weight excluding hydrogens is 462 g/mol. The topological polar surface area (TPSA) is 103 Å². The summed E-state index contributed by atoms with van der Waals surface area (Å²) < 4.78 is 67.2. The van der Waals surface area contributed by atoms with Crippen LogP contribution >= 0.6 is 0 Å². The van der Waals surface area contributed by atoms with E-state index in [-0.39, 0.29) is 35.6 Å². The highest BCUT2D eigenvalue weighted by Gasteiger charge is 2.44. The van der Waals surface area contributed by atoms with Gasteiger partial charge >= 0.3 is 6.36 Å². The normalized spacial score (nSPS) is 17.3. The zero-order valence-corrected chi connectivity index (χ0v) is 17.5. The fraction of sp³-hybridized carbons (Fsp3) is 0.227. The van der Waals surface area contributed by atoms with Gasteiger partial charge in [0.25, 0.3) is 5.91 Å². The van der Waals surface area contributed by atoms with Crippen LogP contribution in [-0.2, 0) is 5.54 Å². The molecule has 4 rings (SSSR count). The Bertz CT molecular complexity index is 1270. The largest absolute Gasteiger partial charge is 0.573 e. The van der Waals surface area contributed by atoms with Crippen LogP contribution in [0.4, 0.5) is 17.6 Å². The van der Waals surface area contributed by atoms with Gasteiger partial charge in [-0.2, -0.15) is 0 Å². The number of halogens is 4. The molecule has 0 saturated heterocycles. The molecule has 0 saturated carbocycles. The first-order valence-electron chi connectivity index (χ1n) is 9.86. The molecule has 12 heteroatoms. The summed E-state index contributed by atoms with van der Waals surface area (Å²) in [5.41, 5.74) is -1.57. The zero-order valence-electron chi connectivity index (χ0n) is 17.5. The van der Waals surface area contributed by atoms with Crippen molar-refractivity contribution in [2.75, 3.05) is 13.7 Å². The van der Waals surface area contributed by atoms with Gasteiger partial charge in [-0.3, -0.25) is 14.6 Å². The summed E-state index contributed by atoms with van der Waals surface area (Å²) >= 11 is 0. The van der Waals surface area contributed by atoms with Crippen LogP contribution in [0.2, 0.25) is 0 Å². The Labute approximate surface area is 189 Å². The number of carbonyl (C=O) groups is 1. The molecule has 0 bridgehead atoms. The van der Waals surface area contributed by atoms with Crippen molar-refractivity contribution in [2.24, 2.45) is 0 Å². The van der Waals surface area contributed by atoms with E-state index in [1.165, 1.54) is 37.7 Å². The van der Waals surface area contributed by atoms with Gasteiger partial charge < -0.3 is 24.5 Å². The lowest BCUT2D eigenvalue weighted by molar-refractivity contribution is -0.275. The Hall–Kier alpha value is -4.09. The van der Waals surface area contributed by atoms with E-state index in [4.69, 9.17) is 9.47 Å². The second kappa shape index (κ2) is 8.69. The molecule has 1 aromatic carbocycles. The first-order chi connectivity index (χ1) is 16.1. The maximum atomic E-state index is 14.7. The number of nitrogens with zero attached hydrogens (tertiary/aromatic N) is 1. The molecule has 1 atom stereocenters. The molecule has 34 heavy (non-hydrogen) atoms. The number of carbonyl (C=O) groups excluding carboxylic acids is 1. The molecule has 0 radical (unpaired) electrons. The summed E-state index contributed by atoms with van der Waals surface area (Å²) in [4.78, 5) is 31.2. The molecule has 2 aromatic heterocycles. The van der Waals surface area contributed by atoms with Gasteiger partial charge in [0, 0.05) is 30.9 Å². The average molecular weight is 479 g/mol. The molecule has 2 N–H and O–H groups in total. The van der Waals surface area contributed by atoms with Crippen molar-refractivity contribution < 1.29 is 36.6 Å². The number of H-pyrrole nitrogens is 1. The number of ether oxygens (including phenoxy) is 3. The van der Waals surface area contributed by atoms with Gasteiger partial charge in [0.1, 0.15) is 11.2 Å². The maximum Gasteiger partial charge on any atom is 0.573 e. The highest BCUT2D eigenvalue weighted by Crippen LogP contribution is 2.45. The molecule has 0 spiro atoms. The van der Waals surface area contributed by atoms with Crippen LogP contribution in [0.3, 0.4) is 0 Å². The van der Waals surface area contributed by atoms with Gasteiger partial charge in [-0.25, -0.2) is 4.39 Å². The molecule has 178 valence electrons. The third-order valence-electron chi connectivity index (χ3n) is 5.24. The lowest BCUT2D eigenvalue weighted by Gasteiger charge is -2.39. The number of methoxy groups -OCH3 is 1. The number of aromatic nitrogens is 2. The number of hydrogen-bond acceptors (Lipinski definition) is 6. The number of pyridine rings is 2. The lowest BCUT2D eigenvalue weighted by atomic mass is 9.81. The van der Waals surface area contributed by atoms with Gasteiger partial charge in [-0.05, 0) is 23.8 Å². The minimum Gasteiger partial charge on any atom is -0.493 e. The smallest absolute Gasteiger partial charge is 0.493 e. The molecule has 1 aliphatic heterocycles. The molecule has 3 aromatic rings. The van der Waals surface area contributed by atoms with Crippen LogP contribution < -0.4 is 25.1 Å². The molecule has 0 fully saturated rings. The highest BCUT2D eigenvalue weighted by atomic mass is 19.4. The van der Waals surface area contributed by atoms with Gasteiger partial charge in [0.15, 0.2) is 23.1 Å². The number of aromatic amines is 1. The fourth-order valence-corrected chi connectivity index (χ4v) is 3.73. The van der Waals surface area contributed by atoms with Gasteiger partial charge in [-0.15, -0.1) is 13.2 Å². The molecular formula is C22H17F4N3O5. The predicted molar refractivity (Wildman–Crippen MR) is 109 cm³/mol. The maximum absolute atomic E-state index is 14.7. The second-order valence-electron chi connectivity index (χ2n) is 7.28. The minimum absolute atomic E-state index is 0.0450. The van der Waals surface area contributed by atoms with E-state index < -0.39 is 34.9 Å². The SMILES string of the molecule is COc1ccnc2c1OCCC2(NC(=O)c1ccc(=O)[nH]c1)c1ccc(OC(F)(F)F)c(F)c1. The standard InChI is InChI=1S/C22H17F4N3O5/c1-32-16-6-8-27-19-18(16)33-9-7-21(19,29-20(31)12-2-5-17(30)28-11-12)13-3-4-15(14(23)10-13)34-22(24,25)26/h2-6,8,10-11H,7,9H2,1H3,(H,28,30)(H,29,31). The Kier molecular flexibility index (Phi) is 5.90. The lowest BCUT2D eigenvalue weighted by Crippen LogP contribution is -2.50. The van der Waals surface area contributed by atoms with E-state index in [2.05, 4.69) is 20.0 Å². The first kappa shape index (κ1) is 23.1. The van der Waals surface area contributed by atoms with Crippen molar-refractivity contribution in [2.45, 2.75) is 18.3 Å². The molecule has 3 heterocycles. The van der Waals surface area contributed by atoms with E-state index in [0.717, 1.165) is 18.2 Å². The van der Waals surface area contributed by atoms with E-state index in [9.17, 15) is 27.2 Å². The van der Waals surface area contributed by atoms with Crippen LogP contribution in [0.15, 0.2) is 53.6 Å². The van der Waals surface area contributed by atoms with E-state index in [1.54, 1.807) is 0 Å². The van der Waals surface area contributed by atoms with E-state index >= 15 is 0 Å². The van der Waals surface area contributed by atoms with Gasteiger partial charge in [0.2, 0.25) is 5.56 Å². The summed E-state index contributed by atoms with van der Waals surface area (Å²) in [7, 11) is 1.40. The van der Waals surface area contributed by atoms with Gasteiger partial charge in [0.05, 0.1) is 19.3 Å². The summed E-state index contributed by atoms with van der Waals surface area (Å²) in [5.74, 6) is -2.48. The summed E-state index contributed by atoms with van der Waals surface area (Å²) in [6.45, 7) is 0.0450. The second-order valence-corrected chi connectivity index (χ2v) is 7.28. The Morgan fingerprint density at radius 2 is 2.00 bits per heavy atom. The van der Waals surface area contributed by atoms with E-state index in [1.807, 2.05) is 0 Å². The van der Waals surface area contributed by atoms with Crippen molar-refractivity contribution in [1.29, 1.82) is 0 Å². The Balaban J connectivity index is 1.85.